The van der Waals surface area contributed by atoms with Crippen molar-refractivity contribution in [3.8, 4) is 0 Å². The second kappa shape index (κ2) is 9.72. The van der Waals surface area contributed by atoms with Crippen molar-refractivity contribution in [3.05, 3.63) is 0 Å². The van der Waals surface area contributed by atoms with E-state index in [4.69, 9.17) is 0 Å². The van der Waals surface area contributed by atoms with Crippen LogP contribution >= 0.6 is 0 Å². The largest absolute Gasteiger partial charge is 0.743 e. The number of rotatable bonds is 7. The summed E-state index contributed by atoms with van der Waals surface area (Å²) in [4.78, 5) is 12.0. The lowest BCUT2D eigenvalue weighted by Crippen LogP contribution is -2.58. The zero-order valence-electron chi connectivity index (χ0n) is 21.5. The van der Waals surface area contributed by atoms with E-state index in [1.54, 1.807) is 0 Å². The van der Waals surface area contributed by atoms with Gasteiger partial charge in [0.2, 0.25) is 0 Å². The Kier molecular flexibility index (Phi) is 7.61. The van der Waals surface area contributed by atoms with E-state index in [0.29, 0.717) is 30.1 Å². The fraction of sp³-hybridized carbons (Fsp3) is 0.962. The minimum Gasteiger partial charge on any atom is -0.743 e. The van der Waals surface area contributed by atoms with Gasteiger partial charge in [-0.3, -0.25) is 4.79 Å². The predicted molar refractivity (Wildman–Crippen MR) is 127 cm³/mol. The third-order valence-corrected chi connectivity index (χ3v) is 11.8. The Morgan fingerprint density at radius 2 is 1.72 bits per heavy atom. The highest BCUT2D eigenvalue weighted by atomic mass is 32.2. The number of hydrogen-bond donors (Lipinski definition) is 2. The van der Waals surface area contributed by atoms with E-state index in [-0.39, 0.29) is 41.3 Å². The molecule has 0 aliphatic heterocycles. The van der Waals surface area contributed by atoms with Crippen LogP contribution in [-0.4, -0.2) is 53.2 Å². The van der Waals surface area contributed by atoms with E-state index in [9.17, 15) is 36.8 Å². The number of esters is 1. The van der Waals surface area contributed by atoms with Crippen LogP contribution < -0.4 is 0 Å². The molecule has 0 spiro atoms. The van der Waals surface area contributed by atoms with E-state index >= 15 is 0 Å². The van der Waals surface area contributed by atoms with Crippen LogP contribution in [0.1, 0.15) is 85.0 Å². The minimum atomic E-state index is -5.89. The molecule has 36 heavy (non-hydrogen) atoms. The van der Waals surface area contributed by atoms with Gasteiger partial charge in [0.25, 0.3) is 0 Å². The summed E-state index contributed by atoms with van der Waals surface area (Å²) < 4.78 is 62.7. The molecule has 0 unspecified atom stereocenters. The second-order valence-electron chi connectivity index (χ2n) is 12.7. The molecule has 2 N–H and O–H groups in total. The second-order valence-corrected chi connectivity index (χ2v) is 14.2. The van der Waals surface area contributed by atoms with E-state index < -0.39 is 27.9 Å². The lowest BCUT2D eigenvalue weighted by molar-refractivity contribution is -0.174. The van der Waals surface area contributed by atoms with Gasteiger partial charge in [0.15, 0.2) is 16.7 Å². The number of carbonyl (C=O) groups excluding carboxylic acids is 1. The van der Waals surface area contributed by atoms with Crippen molar-refractivity contribution >= 4 is 16.1 Å². The molecule has 0 aromatic rings. The maximum Gasteiger partial charge on any atom is 0.367 e. The number of fused-ring (bicyclic) bond motifs is 5. The highest BCUT2D eigenvalue weighted by Crippen LogP contribution is 2.68. The van der Waals surface area contributed by atoms with Crippen molar-refractivity contribution in [2.75, 3.05) is 6.61 Å². The normalized spacial score (nSPS) is 43.7. The molecule has 0 saturated heterocycles. The van der Waals surface area contributed by atoms with Crippen molar-refractivity contribution in [1.82, 2.24) is 0 Å². The van der Waals surface area contributed by atoms with Crippen LogP contribution in [0.15, 0.2) is 0 Å². The average molecular weight is 536 g/mol. The number of alkyl halides is 2. The number of ether oxygens (including phenoxy) is 1. The van der Waals surface area contributed by atoms with Crippen molar-refractivity contribution < 1.29 is 41.5 Å². The molecular formula is C26H41F2O7S-. The van der Waals surface area contributed by atoms with Gasteiger partial charge in [0.05, 0.1) is 12.2 Å². The van der Waals surface area contributed by atoms with Gasteiger partial charge in [-0.2, -0.15) is 8.78 Å². The summed E-state index contributed by atoms with van der Waals surface area (Å²) in [5.74, 6) is 0.935. The summed E-state index contributed by atoms with van der Waals surface area (Å²) >= 11 is 0. The van der Waals surface area contributed by atoms with Crippen LogP contribution in [0.3, 0.4) is 0 Å². The molecule has 4 rings (SSSR count). The summed E-state index contributed by atoms with van der Waals surface area (Å²) in [7, 11) is -5.89. The molecule has 0 aromatic heterocycles. The van der Waals surface area contributed by atoms with Gasteiger partial charge in [0.1, 0.15) is 0 Å². The van der Waals surface area contributed by atoms with Crippen molar-refractivity contribution in [2.24, 2.45) is 46.3 Å². The molecule has 0 amide bonds. The Balaban J connectivity index is 1.38. The number of hydrogen-bond acceptors (Lipinski definition) is 7. The van der Waals surface area contributed by atoms with Gasteiger partial charge in [-0.1, -0.05) is 20.8 Å². The summed E-state index contributed by atoms with van der Waals surface area (Å²) in [5.41, 5.74) is 0.171. The van der Waals surface area contributed by atoms with E-state index in [2.05, 4.69) is 25.5 Å². The van der Waals surface area contributed by atoms with Gasteiger partial charge in [-0.25, -0.2) is 8.42 Å². The first-order valence-corrected chi connectivity index (χ1v) is 14.9. The maximum atomic E-state index is 13.3. The maximum absolute atomic E-state index is 13.3. The third kappa shape index (κ3) is 4.84. The molecule has 0 radical (unpaired) electrons. The van der Waals surface area contributed by atoms with Gasteiger partial charge in [-0.15, -0.1) is 0 Å². The first-order chi connectivity index (χ1) is 16.6. The van der Waals surface area contributed by atoms with E-state index in [1.165, 1.54) is 0 Å². The summed E-state index contributed by atoms with van der Waals surface area (Å²) in [5, 5.41) is 16.9. The van der Waals surface area contributed by atoms with Gasteiger partial charge < -0.3 is 19.5 Å². The quantitative estimate of drug-likeness (QED) is 0.372. The Bertz CT molecular complexity index is 943. The summed E-state index contributed by atoms with van der Waals surface area (Å²) in [6, 6.07) is 0. The van der Waals surface area contributed by atoms with Crippen LogP contribution in [0.4, 0.5) is 8.78 Å². The van der Waals surface area contributed by atoms with E-state index in [0.717, 1.165) is 51.4 Å². The molecular weight excluding hydrogens is 494 g/mol. The summed E-state index contributed by atoms with van der Waals surface area (Å²) in [6.07, 6.45) is 7.13. The Labute approximate surface area is 213 Å². The zero-order valence-corrected chi connectivity index (χ0v) is 22.3. The molecule has 0 heterocycles. The Morgan fingerprint density at radius 3 is 2.39 bits per heavy atom. The molecule has 4 saturated carbocycles. The number of carbonyl (C=O) groups is 1. The van der Waals surface area contributed by atoms with Gasteiger partial charge in [0, 0.05) is 6.42 Å². The highest BCUT2D eigenvalue weighted by Gasteiger charge is 2.62. The standard InChI is InChI=1S/C26H42F2O7S/c1-15(4-7-22(31)35-14-26(27,28)36(32,33)34)18-5-6-19-23-20(9-11-25(18,19)3)24(2)10-8-17(29)12-16(24)13-21(23)30/h15-21,23,29-30H,4-14H2,1-3H3,(H,32,33,34)/p-1/t15-,16+,17-,18-,19+,20+,21+,23+,24+,25-/m1/s1. The Hall–Kier alpha value is -0.840. The molecule has 10 heteroatoms. The molecule has 0 aromatic carbocycles. The fourth-order valence-electron chi connectivity index (χ4n) is 9.03. The zero-order chi connectivity index (χ0) is 26.7. The lowest BCUT2D eigenvalue weighted by atomic mass is 9.43. The van der Waals surface area contributed by atoms with Crippen LogP contribution in [-0.2, 0) is 19.6 Å². The predicted octanol–water partition coefficient (Wildman–Crippen LogP) is 4.07. The monoisotopic (exact) mass is 535 g/mol. The molecule has 7 nitrogen and oxygen atoms in total. The smallest absolute Gasteiger partial charge is 0.367 e. The number of halogens is 2. The topological polar surface area (TPSA) is 124 Å². The number of aliphatic hydroxyl groups is 2. The first kappa shape index (κ1) is 28.2. The third-order valence-electron chi connectivity index (χ3n) is 11.0. The highest BCUT2D eigenvalue weighted by molar-refractivity contribution is 7.86. The SMILES string of the molecule is C[C@H](CCC(=O)OCC(F)(F)S(=O)(=O)[O-])[C@H]1CC[C@H]2[C@@H]3[C@@H](O)C[C@@H]4C[C@H](O)CC[C@]4(C)[C@H]3CC[C@]12C. The molecule has 208 valence electrons. The first-order valence-electron chi connectivity index (χ1n) is 13.4. The van der Waals surface area contributed by atoms with E-state index in [1.807, 2.05) is 0 Å². The van der Waals surface area contributed by atoms with Crippen molar-refractivity contribution in [2.45, 2.75) is 102 Å². The van der Waals surface area contributed by atoms with Crippen LogP contribution in [0.2, 0.25) is 0 Å². The van der Waals surface area contributed by atoms with Crippen molar-refractivity contribution in [3.63, 3.8) is 0 Å². The summed E-state index contributed by atoms with van der Waals surface area (Å²) in [6.45, 7) is 4.99. The molecule has 10 atom stereocenters. The van der Waals surface area contributed by atoms with Crippen LogP contribution in [0.5, 0.6) is 0 Å². The van der Waals surface area contributed by atoms with Crippen LogP contribution in [0.25, 0.3) is 0 Å². The molecule has 4 fully saturated rings. The minimum absolute atomic E-state index is 0.0203. The number of aliphatic hydroxyl groups excluding tert-OH is 2. The molecule has 4 aliphatic rings. The average Bonchev–Trinajstić information content (AvgIpc) is 3.13. The molecule has 4 aliphatic carbocycles. The lowest BCUT2D eigenvalue weighted by Gasteiger charge is -2.62. The van der Waals surface area contributed by atoms with Gasteiger partial charge >= 0.3 is 11.2 Å². The van der Waals surface area contributed by atoms with Crippen LogP contribution in [0, 0.1) is 46.3 Å². The molecule has 0 bridgehead atoms. The van der Waals surface area contributed by atoms with Gasteiger partial charge in [-0.05, 0) is 104 Å². The Morgan fingerprint density at radius 1 is 1.08 bits per heavy atom. The van der Waals surface area contributed by atoms with Crippen molar-refractivity contribution in [1.29, 1.82) is 0 Å². The fourth-order valence-corrected chi connectivity index (χ4v) is 9.23.